The molecule has 1 atom stereocenters. The molecule has 80 valence electrons. The standard InChI is InChI=1S/C7H10N4S.2ClH/c8-11-5-10-7(12-11)6-2-1-3-9-4-6;;/h1-4,7,10H,5,8H2;2*1H. The number of rotatable bonds is 1. The Morgan fingerprint density at radius 2 is 2.36 bits per heavy atom. The fourth-order valence-electron chi connectivity index (χ4n) is 1.09. The lowest BCUT2D eigenvalue weighted by Gasteiger charge is -2.07. The van der Waals surface area contributed by atoms with E-state index < -0.39 is 0 Å². The highest BCUT2D eigenvalue weighted by atomic mass is 35.5. The third kappa shape index (κ3) is 3.27. The largest absolute Gasteiger partial charge is 0.286 e. The van der Waals surface area contributed by atoms with Crippen LogP contribution in [0.3, 0.4) is 0 Å². The van der Waals surface area contributed by atoms with Crippen molar-refractivity contribution >= 4 is 36.8 Å². The Labute approximate surface area is 99.6 Å². The molecule has 1 aliphatic heterocycles. The van der Waals surface area contributed by atoms with E-state index in [0.717, 1.165) is 5.56 Å². The van der Waals surface area contributed by atoms with Crippen LogP contribution in [0.1, 0.15) is 10.9 Å². The predicted octanol–water partition coefficient (Wildman–Crippen LogP) is 1.31. The Bertz CT molecular complexity index is 261. The molecule has 3 N–H and O–H groups in total. The number of nitrogens with zero attached hydrogens (tertiary/aromatic N) is 2. The molecule has 1 aromatic heterocycles. The average molecular weight is 255 g/mol. The van der Waals surface area contributed by atoms with Gasteiger partial charge in [-0.1, -0.05) is 6.07 Å². The minimum Gasteiger partial charge on any atom is -0.286 e. The normalized spacial score (nSPS) is 21.1. The van der Waals surface area contributed by atoms with Gasteiger partial charge in [0.15, 0.2) is 0 Å². The molecule has 0 aliphatic carbocycles. The fraction of sp³-hybridized carbons (Fsp3) is 0.286. The van der Waals surface area contributed by atoms with Crippen LogP contribution in [0.2, 0.25) is 0 Å². The highest BCUT2D eigenvalue weighted by molar-refractivity contribution is 7.97. The molecule has 14 heavy (non-hydrogen) atoms. The van der Waals surface area contributed by atoms with Gasteiger partial charge in [-0.05, 0) is 23.6 Å². The van der Waals surface area contributed by atoms with Crippen LogP contribution in [0.4, 0.5) is 0 Å². The van der Waals surface area contributed by atoms with Crippen LogP contribution in [-0.2, 0) is 0 Å². The third-order valence-electron chi connectivity index (χ3n) is 1.66. The zero-order valence-corrected chi connectivity index (χ0v) is 9.74. The van der Waals surface area contributed by atoms with E-state index in [2.05, 4.69) is 10.3 Å². The Balaban J connectivity index is 0.000000845. The molecule has 0 bridgehead atoms. The lowest BCUT2D eigenvalue weighted by Crippen LogP contribution is -2.24. The highest BCUT2D eigenvalue weighted by Crippen LogP contribution is 2.30. The van der Waals surface area contributed by atoms with Gasteiger partial charge in [-0.2, -0.15) is 4.41 Å². The first-order valence-electron chi connectivity index (χ1n) is 3.68. The first-order valence-corrected chi connectivity index (χ1v) is 4.52. The Kier molecular flexibility index (Phi) is 6.43. The molecule has 1 aromatic rings. The van der Waals surface area contributed by atoms with Crippen LogP contribution < -0.4 is 11.2 Å². The van der Waals surface area contributed by atoms with Crippen molar-refractivity contribution in [2.45, 2.75) is 5.37 Å². The number of hydrogen-bond donors (Lipinski definition) is 2. The van der Waals surface area contributed by atoms with Gasteiger partial charge in [0.05, 0.1) is 12.0 Å². The fourth-order valence-corrected chi connectivity index (χ4v) is 1.92. The number of aromatic nitrogens is 1. The van der Waals surface area contributed by atoms with Crippen LogP contribution in [0.15, 0.2) is 24.5 Å². The highest BCUT2D eigenvalue weighted by Gasteiger charge is 2.21. The summed E-state index contributed by atoms with van der Waals surface area (Å²) in [5, 5.41) is 3.50. The Morgan fingerprint density at radius 1 is 1.57 bits per heavy atom. The molecule has 1 saturated heterocycles. The summed E-state index contributed by atoms with van der Waals surface area (Å²) in [5.74, 6) is 5.58. The van der Waals surface area contributed by atoms with Crippen molar-refractivity contribution in [3.05, 3.63) is 30.1 Å². The van der Waals surface area contributed by atoms with Crippen molar-refractivity contribution in [1.29, 1.82) is 0 Å². The lowest BCUT2D eigenvalue weighted by molar-refractivity contribution is 0.483. The van der Waals surface area contributed by atoms with Crippen molar-refractivity contribution in [3.8, 4) is 0 Å². The first kappa shape index (κ1) is 14.0. The second-order valence-electron chi connectivity index (χ2n) is 2.55. The van der Waals surface area contributed by atoms with Gasteiger partial charge >= 0.3 is 0 Å². The maximum atomic E-state index is 5.58. The summed E-state index contributed by atoms with van der Waals surface area (Å²) in [6.07, 6.45) is 3.62. The second kappa shape index (κ2) is 6.44. The minimum atomic E-state index is 0. The van der Waals surface area contributed by atoms with E-state index in [-0.39, 0.29) is 30.2 Å². The molecule has 0 aromatic carbocycles. The van der Waals surface area contributed by atoms with Gasteiger partial charge in [-0.3, -0.25) is 16.1 Å². The van der Waals surface area contributed by atoms with E-state index in [0.29, 0.717) is 6.67 Å². The van der Waals surface area contributed by atoms with E-state index in [1.54, 1.807) is 22.6 Å². The summed E-state index contributed by atoms with van der Waals surface area (Å²) in [6.45, 7) is 0.713. The van der Waals surface area contributed by atoms with Crippen LogP contribution in [0.25, 0.3) is 0 Å². The topological polar surface area (TPSA) is 54.2 Å². The molecule has 0 saturated carbocycles. The molecule has 2 rings (SSSR count). The van der Waals surface area contributed by atoms with Crippen molar-refractivity contribution in [1.82, 2.24) is 14.7 Å². The summed E-state index contributed by atoms with van der Waals surface area (Å²) in [6, 6.07) is 3.97. The molecular weight excluding hydrogens is 243 g/mol. The van der Waals surface area contributed by atoms with Gasteiger partial charge in [0.2, 0.25) is 0 Å². The number of nitrogens with one attached hydrogen (secondary N) is 1. The smallest absolute Gasteiger partial charge is 0.0975 e. The molecule has 7 heteroatoms. The van der Waals surface area contributed by atoms with Gasteiger partial charge < -0.3 is 0 Å². The zero-order valence-electron chi connectivity index (χ0n) is 7.29. The Hall–Kier alpha value is -0.0400. The lowest BCUT2D eigenvalue weighted by atomic mass is 10.3. The summed E-state index contributed by atoms with van der Waals surface area (Å²) in [5.41, 5.74) is 1.16. The van der Waals surface area contributed by atoms with Crippen molar-refractivity contribution in [2.24, 2.45) is 5.84 Å². The quantitative estimate of drug-likeness (QED) is 0.585. The van der Waals surface area contributed by atoms with E-state index >= 15 is 0 Å². The van der Waals surface area contributed by atoms with Crippen LogP contribution in [0.5, 0.6) is 0 Å². The van der Waals surface area contributed by atoms with E-state index in [4.69, 9.17) is 5.84 Å². The number of hydrazine groups is 1. The maximum absolute atomic E-state index is 5.58. The molecular formula is C7H12Cl2N4S. The Morgan fingerprint density at radius 3 is 2.86 bits per heavy atom. The molecule has 1 fully saturated rings. The van der Waals surface area contributed by atoms with Gasteiger partial charge in [-0.15, -0.1) is 24.8 Å². The molecule has 1 unspecified atom stereocenters. The van der Waals surface area contributed by atoms with Crippen LogP contribution in [-0.4, -0.2) is 16.1 Å². The number of hydrogen-bond acceptors (Lipinski definition) is 5. The van der Waals surface area contributed by atoms with Crippen molar-refractivity contribution in [3.63, 3.8) is 0 Å². The van der Waals surface area contributed by atoms with Crippen LogP contribution in [0, 0.1) is 0 Å². The van der Waals surface area contributed by atoms with Gasteiger partial charge in [-0.25, -0.2) is 0 Å². The third-order valence-corrected chi connectivity index (χ3v) is 2.71. The number of halogens is 2. The van der Waals surface area contributed by atoms with E-state index in [1.807, 2.05) is 18.3 Å². The SMILES string of the molecule is Cl.Cl.NN1CNC(c2cccnc2)S1. The van der Waals surface area contributed by atoms with Crippen molar-refractivity contribution < 1.29 is 0 Å². The molecule has 0 radical (unpaired) electrons. The van der Waals surface area contributed by atoms with Gasteiger partial charge in [0.1, 0.15) is 0 Å². The summed E-state index contributed by atoms with van der Waals surface area (Å²) in [7, 11) is 0. The summed E-state index contributed by atoms with van der Waals surface area (Å²) in [4.78, 5) is 4.04. The summed E-state index contributed by atoms with van der Waals surface area (Å²) < 4.78 is 1.68. The first-order chi connectivity index (χ1) is 5.86. The monoisotopic (exact) mass is 254 g/mol. The average Bonchev–Trinajstić information content (AvgIpc) is 2.54. The van der Waals surface area contributed by atoms with Crippen molar-refractivity contribution in [2.75, 3.05) is 6.67 Å². The summed E-state index contributed by atoms with van der Waals surface area (Å²) >= 11 is 1.58. The van der Waals surface area contributed by atoms with E-state index in [9.17, 15) is 0 Å². The van der Waals surface area contributed by atoms with Gasteiger partial charge in [0.25, 0.3) is 0 Å². The number of pyridine rings is 1. The number of nitrogens with two attached hydrogens (primary N) is 1. The van der Waals surface area contributed by atoms with Crippen LogP contribution >= 0.6 is 36.8 Å². The predicted molar refractivity (Wildman–Crippen MR) is 63.1 cm³/mol. The molecule has 4 nitrogen and oxygen atoms in total. The zero-order chi connectivity index (χ0) is 8.39. The molecule has 2 heterocycles. The van der Waals surface area contributed by atoms with Gasteiger partial charge in [0, 0.05) is 12.4 Å². The second-order valence-corrected chi connectivity index (χ2v) is 3.70. The molecule has 1 aliphatic rings. The van der Waals surface area contributed by atoms with E-state index in [1.165, 1.54) is 0 Å². The molecule has 0 amide bonds. The molecule has 0 spiro atoms. The minimum absolute atomic E-state index is 0. The maximum Gasteiger partial charge on any atom is 0.0975 e.